The molecule has 0 aromatic carbocycles. The van der Waals surface area contributed by atoms with Crippen molar-refractivity contribution in [1.29, 1.82) is 0 Å². The first-order valence-corrected chi connectivity index (χ1v) is 6.18. The zero-order valence-electron chi connectivity index (χ0n) is 10.3. The molecule has 0 saturated carbocycles. The average Bonchev–Trinajstić information content (AvgIpc) is 3.01. The van der Waals surface area contributed by atoms with Gasteiger partial charge in [-0.05, 0) is 31.9 Å². The van der Waals surface area contributed by atoms with Crippen molar-refractivity contribution >= 4 is 11.5 Å². The highest BCUT2D eigenvalue weighted by molar-refractivity contribution is 5.71. The van der Waals surface area contributed by atoms with E-state index in [1.165, 1.54) is 12.8 Å². The second kappa shape index (κ2) is 4.33. The van der Waals surface area contributed by atoms with E-state index in [4.69, 9.17) is 10.2 Å². The number of nitrogens with zero attached hydrogens (tertiary/aromatic N) is 3. The molecular formula is C13H16N4O. The smallest absolute Gasteiger partial charge is 0.169 e. The van der Waals surface area contributed by atoms with E-state index in [0.717, 1.165) is 23.5 Å². The van der Waals surface area contributed by atoms with Gasteiger partial charge in [0, 0.05) is 18.2 Å². The van der Waals surface area contributed by atoms with Gasteiger partial charge in [0.1, 0.15) is 0 Å². The van der Waals surface area contributed by atoms with Gasteiger partial charge in [0.2, 0.25) is 0 Å². The third kappa shape index (κ3) is 1.81. The average molecular weight is 244 g/mol. The van der Waals surface area contributed by atoms with E-state index in [2.05, 4.69) is 22.0 Å². The zero-order valence-corrected chi connectivity index (χ0v) is 10.3. The molecule has 18 heavy (non-hydrogen) atoms. The summed E-state index contributed by atoms with van der Waals surface area (Å²) in [7, 11) is 0. The Morgan fingerprint density at radius 2 is 2.33 bits per heavy atom. The Kier molecular flexibility index (Phi) is 2.66. The van der Waals surface area contributed by atoms with Crippen LogP contribution in [0, 0.1) is 0 Å². The predicted molar refractivity (Wildman–Crippen MR) is 70.2 cm³/mol. The molecule has 1 aliphatic rings. The van der Waals surface area contributed by atoms with Crippen molar-refractivity contribution in [1.82, 2.24) is 10.2 Å². The number of aromatic nitrogens is 2. The fourth-order valence-corrected chi connectivity index (χ4v) is 2.46. The number of furan rings is 1. The molecule has 0 aliphatic carbocycles. The Hall–Kier alpha value is -2.04. The van der Waals surface area contributed by atoms with Gasteiger partial charge in [-0.2, -0.15) is 0 Å². The number of nitrogens with two attached hydrogens (primary N) is 1. The van der Waals surface area contributed by atoms with Crippen molar-refractivity contribution < 1.29 is 4.42 Å². The van der Waals surface area contributed by atoms with E-state index in [1.807, 2.05) is 12.1 Å². The Morgan fingerprint density at radius 3 is 3.00 bits per heavy atom. The summed E-state index contributed by atoms with van der Waals surface area (Å²) in [6.07, 6.45) is 5.69. The number of rotatable bonds is 2. The minimum atomic E-state index is 0.496. The largest absolute Gasteiger partial charge is 0.472 e. The van der Waals surface area contributed by atoms with Crippen LogP contribution in [0.3, 0.4) is 0 Å². The molecule has 0 unspecified atom stereocenters. The molecule has 0 bridgehead atoms. The van der Waals surface area contributed by atoms with Crippen LogP contribution in [0.1, 0.15) is 19.8 Å². The van der Waals surface area contributed by atoms with Crippen LogP contribution in [0.4, 0.5) is 11.5 Å². The van der Waals surface area contributed by atoms with Gasteiger partial charge in [0.15, 0.2) is 5.82 Å². The summed E-state index contributed by atoms with van der Waals surface area (Å²) in [6.45, 7) is 3.24. The maximum absolute atomic E-state index is 5.95. The lowest BCUT2D eigenvalue weighted by Gasteiger charge is -2.24. The second-order valence-electron chi connectivity index (χ2n) is 4.70. The fourth-order valence-electron chi connectivity index (χ4n) is 2.46. The Labute approximate surface area is 106 Å². The topological polar surface area (TPSA) is 68.2 Å². The fraction of sp³-hybridized carbons (Fsp3) is 0.385. The third-order valence-electron chi connectivity index (χ3n) is 3.48. The number of hydrogen-bond donors (Lipinski definition) is 1. The molecule has 1 aliphatic heterocycles. The lowest BCUT2D eigenvalue weighted by atomic mass is 10.2. The van der Waals surface area contributed by atoms with Crippen LogP contribution in [0.15, 0.2) is 29.1 Å². The van der Waals surface area contributed by atoms with Crippen molar-refractivity contribution in [2.45, 2.75) is 25.8 Å². The van der Waals surface area contributed by atoms with Crippen molar-refractivity contribution in [2.75, 3.05) is 17.2 Å². The van der Waals surface area contributed by atoms with E-state index in [-0.39, 0.29) is 0 Å². The molecule has 94 valence electrons. The second-order valence-corrected chi connectivity index (χ2v) is 4.70. The molecule has 3 heterocycles. The van der Waals surface area contributed by atoms with Crippen LogP contribution in [0.5, 0.6) is 0 Å². The Morgan fingerprint density at radius 1 is 1.44 bits per heavy atom. The quantitative estimate of drug-likeness (QED) is 0.878. The third-order valence-corrected chi connectivity index (χ3v) is 3.48. The van der Waals surface area contributed by atoms with Crippen LogP contribution in [0.25, 0.3) is 11.3 Å². The molecule has 5 heteroatoms. The lowest BCUT2D eigenvalue weighted by molar-refractivity contribution is 0.568. The maximum Gasteiger partial charge on any atom is 0.169 e. The van der Waals surface area contributed by atoms with Crippen molar-refractivity contribution in [3.63, 3.8) is 0 Å². The van der Waals surface area contributed by atoms with Crippen LogP contribution < -0.4 is 10.6 Å². The molecule has 1 saturated heterocycles. The van der Waals surface area contributed by atoms with Gasteiger partial charge in [0.25, 0.3) is 0 Å². The molecule has 1 atom stereocenters. The molecule has 2 N–H and O–H groups in total. The highest BCUT2D eigenvalue weighted by Gasteiger charge is 2.23. The molecule has 3 rings (SSSR count). The van der Waals surface area contributed by atoms with Crippen molar-refractivity contribution in [2.24, 2.45) is 0 Å². The standard InChI is InChI=1S/C13H16N4O/c1-9-3-2-5-17(9)12-7-11(15-16-13(12)14)10-4-6-18-8-10/h4,6-9H,2-3,5H2,1H3,(H2,14,16)/t9-/m0/s1. The van der Waals surface area contributed by atoms with Gasteiger partial charge in [-0.15, -0.1) is 10.2 Å². The van der Waals surface area contributed by atoms with Crippen LogP contribution in [-0.4, -0.2) is 22.8 Å². The molecule has 0 radical (unpaired) electrons. The molecule has 0 spiro atoms. The predicted octanol–water partition coefficient (Wildman–Crippen LogP) is 2.31. The SMILES string of the molecule is C[C@H]1CCCN1c1cc(-c2ccoc2)nnc1N. The molecule has 5 nitrogen and oxygen atoms in total. The molecule has 2 aromatic rings. The number of hydrogen-bond acceptors (Lipinski definition) is 5. The van der Waals surface area contributed by atoms with Gasteiger partial charge in [-0.1, -0.05) is 0 Å². The summed E-state index contributed by atoms with van der Waals surface area (Å²) in [5.41, 5.74) is 8.65. The maximum atomic E-state index is 5.95. The van der Waals surface area contributed by atoms with Gasteiger partial charge in [0.05, 0.1) is 23.9 Å². The summed E-state index contributed by atoms with van der Waals surface area (Å²) in [6, 6.07) is 4.38. The van der Waals surface area contributed by atoms with Crippen LogP contribution >= 0.6 is 0 Å². The molecular weight excluding hydrogens is 228 g/mol. The van der Waals surface area contributed by atoms with Crippen molar-refractivity contribution in [3.05, 3.63) is 24.7 Å². The van der Waals surface area contributed by atoms with E-state index in [1.54, 1.807) is 12.5 Å². The van der Waals surface area contributed by atoms with Crippen LogP contribution in [0.2, 0.25) is 0 Å². The lowest BCUT2D eigenvalue weighted by Crippen LogP contribution is -2.27. The van der Waals surface area contributed by atoms with E-state index in [9.17, 15) is 0 Å². The van der Waals surface area contributed by atoms with Gasteiger partial charge in [-0.25, -0.2) is 0 Å². The normalized spacial score (nSPS) is 19.4. The summed E-state index contributed by atoms with van der Waals surface area (Å²) in [5.74, 6) is 0.496. The minimum Gasteiger partial charge on any atom is -0.472 e. The first-order valence-electron chi connectivity index (χ1n) is 6.18. The summed E-state index contributed by atoms with van der Waals surface area (Å²) in [5, 5.41) is 8.17. The number of anilines is 2. The van der Waals surface area contributed by atoms with Gasteiger partial charge in [-0.3, -0.25) is 0 Å². The summed E-state index contributed by atoms with van der Waals surface area (Å²) >= 11 is 0. The van der Waals surface area contributed by atoms with Crippen LogP contribution in [-0.2, 0) is 0 Å². The Bertz CT molecular complexity index is 538. The number of nitrogen functional groups attached to an aromatic ring is 1. The highest BCUT2D eigenvalue weighted by atomic mass is 16.3. The molecule has 0 amide bonds. The zero-order chi connectivity index (χ0) is 12.5. The van der Waals surface area contributed by atoms with E-state index in [0.29, 0.717) is 11.9 Å². The van der Waals surface area contributed by atoms with Crippen molar-refractivity contribution in [3.8, 4) is 11.3 Å². The summed E-state index contributed by atoms with van der Waals surface area (Å²) < 4.78 is 5.07. The highest BCUT2D eigenvalue weighted by Crippen LogP contribution is 2.31. The van der Waals surface area contributed by atoms with Gasteiger partial charge < -0.3 is 15.1 Å². The monoisotopic (exact) mass is 244 g/mol. The van der Waals surface area contributed by atoms with E-state index < -0.39 is 0 Å². The van der Waals surface area contributed by atoms with Gasteiger partial charge >= 0.3 is 0 Å². The van der Waals surface area contributed by atoms with E-state index >= 15 is 0 Å². The molecule has 1 fully saturated rings. The minimum absolute atomic E-state index is 0.496. The first-order chi connectivity index (χ1) is 8.75. The Balaban J connectivity index is 2.01. The molecule has 2 aromatic heterocycles. The first kappa shape index (κ1) is 11.1. The summed E-state index contributed by atoms with van der Waals surface area (Å²) in [4.78, 5) is 2.30.